The summed E-state index contributed by atoms with van der Waals surface area (Å²) in [5.74, 6) is -0.905. The van der Waals surface area contributed by atoms with Crippen LogP contribution in [0.4, 0.5) is 11.4 Å². The Labute approximate surface area is 189 Å². The molecule has 4 rings (SSSR count). The van der Waals surface area contributed by atoms with E-state index in [-0.39, 0.29) is 30.2 Å². The zero-order chi connectivity index (χ0) is 22.5. The molecule has 1 aliphatic heterocycles. The number of hydrogen-bond acceptors (Lipinski definition) is 3. The van der Waals surface area contributed by atoms with Crippen LogP contribution in [0.5, 0.6) is 0 Å². The van der Waals surface area contributed by atoms with E-state index >= 15 is 0 Å². The summed E-state index contributed by atoms with van der Waals surface area (Å²) >= 11 is 0. The Balaban J connectivity index is 1.41. The van der Waals surface area contributed by atoms with Crippen LogP contribution >= 0.6 is 0 Å². The summed E-state index contributed by atoms with van der Waals surface area (Å²) in [6.45, 7) is 2.43. The van der Waals surface area contributed by atoms with Gasteiger partial charge in [-0.25, -0.2) is 0 Å². The molecule has 2 fully saturated rings. The molecular weight excluding hydrogens is 402 g/mol. The summed E-state index contributed by atoms with van der Waals surface area (Å²) in [5.41, 5.74) is 2.97. The maximum absolute atomic E-state index is 13.0. The number of aryl methyl sites for hydroxylation is 1. The number of para-hydroxylation sites is 1. The van der Waals surface area contributed by atoms with Gasteiger partial charge in [-0.1, -0.05) is 50.5 Å². The lowest BCUT2D eigenvalue weighted by molar-refractivity contribution is -0.122. The number of nitrogens with zero attached hydrogens (tertiary/aromatic N) is 1. The maximum Gasteiger partial charge on any atom is 0.253 e. The zero-order valence-corrected chi connectivity index (χ0v) is 18.6. The predicted octanol–water partition coefficient (Wildman–Crippen LogP) is 4.30. The minimum Gasteiger partial charge on any atom is -0.349 e. The third-order valence-corrected chi connectivity index (χ3v) is 6.52. The Morgan fingerprint density at radius 1 is 1.00 bits per heavy atom. The van der Waals surface area contributed by atoms with Gasteiger partial charge in [0.05, 0.1) is 17.2 Å². The predicted molar refractivity (Wildman–Crippen MR) is 126 cm³/mol. The van der Waals surface area contributed by atoms with E-state index in [2.05, 4.69) is 17.6 Å². The van der Waals surface area contributed by atoms with Crippen molar-refractivity contribution in [2.24, 2.45) is 5.92 Å². The van der Waals surface area contributed by atoms with E-state index in [9.17, 15) is 14.4 Å². The van der Waals surface area contributed by atoms with Gasteiger partial charge in [-0.3, -0.25) is 14.4 Å². The van der Waals surface area contributed by atoms with Crippen LogP contribution in [0.15, 0.2) is 48.5 Å². The molecule has 0 aromatic heterocycles. The van der Waals surface area contributed by atoms with Crippen molar-refractivity contribution in [1.29, 1.82) is 0 Å². The summed E-state index contributed by atoms with van der Waals surface area (Å²) in [6, 6.07) is 15.2. The van der Waals surface area contributed by atoms with Crippen LogP contribution < -0.4 is 15.5 Å². The SMILES string of the molecule is CCc1ccc(N2CC(C(=O)Nc3ccccc3C(=O)NC3CCCCC3)CC2=O)cc1. The molecule has 2 aliphatic rings. The normalized spacial score (nSPS) is 19.1. The lowest BCUT2D eigenvalue weighted by Crippen LogP contribution is -2.36. The Kier molecular flexibility index (Phi) is 6.88. The highest BCUT2D eigenvalue weighted by molar-refractivity contribution is 6.07. The van der Waals surface area contributed by atoms with Crippen LogP contribution in [0, 0.1) is 5.92 Å². The lowest BCUT2D eigenvalue weighted by Gasteiger charge is -2.23. The van der Waals surface area contributed by atoms with Crippen LogP contribution in [0.1, 0.15) is 61.4 Å². The maximum atomic E-state index is 13.0. The number of rotatable bonds is 6. The van der Waals surface area contributed by atoms with Gasteiger partial charge in [0.15, 0.2) is 0 Å². The molecule has 2 aromatic carbocycles. The molecule has 1 saturated carbocycles. The van der Waals surface area contributed by atoms with Crippen molar-refractivity contribution >= 4 is 29.1 Å². The van der Waals surface area contributed by atoms with Crippen LogP contribution in [0.2, 0.25) is 0 Å². The third-order valence-electron chi connectivity index (χ3n) is 6.52. The fraction of sp³-hybridized carbons (Fsp3) is 0.423. The lowest BCUT2D eigenvalue weighted by atomic mass is 9.95. The first-order valence-corrected chi connectivity index (χ1v) is 11.6. The minimum absolute atomic E-state index is 0.0577. The van der Waals surface area contributed by atoms with Gasteiger partial charge in [-0.15, -0.1) is 0 Å². The molecule has 168 valence electrons. The van der Waals surface area contributed by atoms with Crippen molar-refractivity contribution in [3.05, 3.63) is 59.7 Å². The van der Waals surface area contributed by atoms with Crippen molar-refractivity contribution in [3.63, 3.8) is 0 Å². The number of carbonyl (C=O) groups is 3. The van der Waals surface area contributed by atoms with Crippen LogP contribution in [0.3, 0.4) is 0 Å². The molecule has 2 N–H and O–H groups in total. The van der Waals surface area contributed by atoms with Gasteiger partial charge in [-0.05, 0) is 49.1 Å². The monoisotopic (exact) mass is 433 g/mol. The number of benzene rings is 2. The smallest absolute Gasteiger partial charge is 0.253 e. The third kappa shape index (κ3) is 5.01. The second kappa shape index (κ2) is 9.98. The fourth-order valence-corrected chi connectivity index (χ4v) is 4.58. The van der Waals surface area contributed by atoms with Crippen LogP contribution in [-0.4, -0.2) is 30.3 Å². The summed E-state index contributed by atoms with van der Waals surface area (Å²) < 4.78 is 0. The molecule has 2 aromatic rings. The van der Waals surface area contributed by atoms with Crippen molar-refractivity contribution in [1.82, 2.24) is 5.32 Å². The second-order valence-corrected chi connectivity index (χ2v) is 8.77. The molecular formula is C26H31N3O3. The van der Waals surface area contributed by atoms with E-state index < -0.39 is 5.92 Å². The molecule has 1 aliphatic carbocycles. The van der Waals surface area contributed by atoms with Crippen molar-refractivity contribution in [3.8, 4) is 0 Å². The van der Waals surface area contributed by atoms with E-state index in [1.807, 2.05) is 24.3 Å². The summed E-state index contributed by atoms with van der Waals surface area (Å²) in [6.07, 6.45) is 6.59. The van der Waals surface area contributed by atoms with Gasteiger partial charge in [0.2, 0.25) is 11.8 Å². The second-order valence-electron chi connectivity index (χ2n) is 8.77. The first-order valence-electron chi connectivity index (χ1n) is 11.6. The number of carbonyl (C=O) groups excluding carboxylic acids is 3. The first kappa shape index (κ1) is 22.1. The van der Waals surface area contributed by atoms with Crippen molar-refractivity contribution in [2.45, 2.75) is 57.9 Å². The minimum atomic E-state index is -0.456. The average Bonchev–Trinajstić information content (AvgIpc) is 3.22. The molecule has 1 heterocycles. The first-order chi connectivity index (χ1) is 15.5. The molecule has 6 nitrogen and oxygen atoms in total. The zero-order valence-electron chi connectivity index (χ0n) is 18.6. The van der Waals surface area contributed by atoms with E-state index in [1.54, 1.807) is 29.2 Å². The average molecular weight is 434 g/mol. The van der Waals surface area contributed by atoms with E-state index in [4.69, 9.17) is 0 Å². The molecule has 6 heteroatoms. The molecule has 1 saturated heterocycles. The quantitative estimate of drug-likeness (QED) is 0.713. The number of amides is 3. The van der Waals surface area contributed by atoms with Crippen LogP contribution in [-0.2, 0) is 16.0 Å². The highest BCUT2D eigenvalue weighted by Gasteiger charge is 2.35. The summed E-state index contributed by atoms with van der Waals surface area (Å²) in [7, 11) is 0. The molecule has 0 spiro atoms. The summed E-state index contributed by atoms with van der Waals surface area (Å²) in [4.78, 5) is 40.1. The highest BCUT2D eigenvalue weighted by Crippen LogP contribution is 2.27. The molecule has 32 heavy (non-hydrogen) atoms. The molecule has 1 atom stereocenters. The molecule has 1 unspecified atom stereocenters. The number of anilines is 2. The van der Waals surface area contributed by atoms with Gasteiger partial charge in [-0.2, -0.15) is 0 Å². The van der Waals surface area contributed by atoms with Gasteiger partial charge >= 0.3 is 0 Å². The van der Waals surface area contributed by atoms with E-state index in [0.717, 1.165) is 37.8 Å². The number of nitrogens with one attached hydrogen (secondary N) is 2. The van der Waals surface area contributed by atoms with Gasteiger partial charge in [0.1, 0.15) is 0 Å². The Hall–Kier alpha value is -3.15. The number of hydrogen-bond donors (Lipinski definition) is 2. The Bertz CT molecular complexity index is 980. The Morgan fingerprint density at radius 3 is 2.44 bits per heavy atom. The standard InChI is InChI=1S/C26H31N3O3/c1-2-18-12-14-21(15-13-18)29-17-19(16-24(29)30)25(31)28-23-11-7-6-10-22(23)26(32)27-20-8-4-3-5-9-20/h6-7,10-15,19-20H,2-5,8-9,16-17H2,1H3,(H,27,32)(H,28,31). The fourth-order valence-electron chi connectivity index (χ4n) is 4.58. The van der Waals surface area contributed by atoms with E-state index in [1.165, 1.54) is 12.0 Å². The van der Waals surface area contributed by atoms with Gasteiger partial charge < -0.3 is 15.5 Å². The summed E-state index contributed by atoms with van der Waals surface area (Å²) in [5, 5.41) is 6.01. The van der Waals surface area contributed by atoms with Crippen LogP contribution in [0.25, 0.3) is 0 Å². The molecule has 0 bridgehead atoms. The highest BCUT2D eigenvalue weighted by atomic mass is 16.2. The molecule has 3 amide bonds. The topological polar surface area (TPSA) is 78.5 Å². The Morgan fingerprint density at radius 2 is 1.72 bits per heavy atom. The van der Waals surface area contributed by atoms with E-state index in [0.29, 0.717) is 17.8 Å². The van der Waals surface area contributed by atoms with Gasteiger partial charge in [0.25, 0.3) is 5.91 Å². The largest absolute Gasteiger partial charge is 0.349 e. The molecule has 0 radical (unpaired) electrons. The van der Waals surface area contributed by atoms with Gasteiger partial charge in [0, 0.05) is 24.7 Å². The van der Waals surface area contributed by atoms with Crippen molar-refractivity contribution < 1.29 is 14.4 Å². The van der Waals surface area contributed by atoms with Crippen molar-refractivity contribution in [2.75, 3.05) is 16.8 Å².